The van der Waals surface area contributed by atoms with Gasteiger partial charge in [-0.15, -0.1) is 0 Å². The second kappa shape index (κ2) is 7.19. The predicted molar refractivity (Wildman–Crippen MR) is 106 cm³/mol. The van der Waals surface area contributed by atoms with E-state index in [2.05, 4.69) is 10.3 Å². The predicted octanol–water partition coefficient (Wildman–Crippen LogP) is 4.32. The largest absolute Gasteiger partial charge is 0.375 e. The maximum absolute atomic E-state index is 6.28. The van der Waals surface area contributed by atoms with Crippen molar-refractivity contribution in [1.29, 1.82) is 0 Å². The van der Waals surface area contributed by atoms with E-state index in [4.69, 9.17) is 14.7 Å². The molecule has 0 radical (unpaired) electrons. The molecule has 1 unspecified atom stereocenters. The minimum absolute atomic E-state index is 0.109. The van der Waals surface area contributed by atoms with E-state index in [1.807, 2.05) is 24.5 Å². The summed E-state index contributed by atoms with van der Waals surface area (Å²) >= 11 is 0. The molecular weight excluding hydrogens is 336 g/mol. The van der Waals surface area contributed by atoms with E-state index in [1.54, 1.807) is 0 Å². The molecule has 0 bridgehead atoms. The zero-order chi connectivity index (χ0) is 18.1. The second-order valence-electron chi connectivity index (χ2n) is 8.34. The molecule has 1 aliphatic heterocycles. The van der Waals surface area contributed by atoms with Crippen LogP contribution in [-0.4, -0.2) is 33.2 Å². The Morgan fingerprint density at radius 2 is 1.85 bits per heavy atom. The average molecular weight is 364 g/mol. The van der Waals surface area contributed by atoms with Gasteiger partial charge in [0.15, 0.2) is 5.82 Å². The standard InChI is InChI=1S/C22H28N4O/c1-2-10-22(11-3-1)15-17(9-14-27-22)24-21-18-5-4-6-19(18)25-20(26-21)16-7-12-23-13-8-16/h7-8,12-13,17H,1-6,9-11,14-15H2,(H,24,25,26). The zero-order valence-corrected chi connectivity index (χ0v) is 15.9. The number of aromatic nitrogens is 3. The van der Waals surface area contributed by atoms with E-state index >= 15 is 0 Å². The number of ether oxygens (including phenoxy) is 1. The van der Waals surface area contributed by atoms with Gasteiger partial charge in [0, 0.05) is 41.9 Å². The van der Waals surface area contributed by atoms with Gasteiger partial charge >= 0.3 is 0 Å². The van der Waals surface area contributed by atoms with Crippen molar-refractivity contribution < 1.29 is 4.74 Å². The molecule has 3 aliphatic rings. The lowest BCUT2D eigenvalue weighted by molar-refractivity contribution is -0.103. The Hall–Kier alpha value is -2.01. The normalized spacial score (nSPS) is 23.9. The van der Waals surface area contributed by atoms with Gasteiger partial charge in [0.25, 0.3) is 0 Å². The Morgan fingerprint density at radius 3 is 2.70 bits per heavy atom. The van der Waals surface area contributed by atoms with E-state index in [-0.39, 0.29) is 5.60 Å². The van der Waals surface area contributed by atoms with Crippen LogP contribution in [0.15, 0.2) is 24.5 Å². The lowest BCUT2D eigenvalue weighted by atomic mass is 9.78. The van der Waals surface area contributed by atoms with Gasteiger partial charge in [0.2, 0.25) is 0 Å². The topological polar surface area (TPSA) is 59.9 Å². The van der Waals surface area contributed by atoms with Gasteiger partial charge in [-0.2, -0.15) is 0 Å². The van der Waals surface area contributed by atoms with Gasteiger partial charge < -0.3 is 10.1 Å². The summed E-state index contributed by atoms with van der Waals surface area (Å²) in [6.07, 6.45) is 15.5. The van der Waals surface area contributed by atoms with E-state index in [0.29, 0.717) is 6.04 Å². The van der Waals surface area contributed by atoms with E-state index in [1.165, 1.54) is 49.8 Å². The van der Waals surface area contributed by atoms with Crippen molar-refractivity contribution in [3.05, 3.63) is 35.8 Å². The Kier molecular flexibility index (Phi) is 4.56. The maximum atomic E-state index is 6.28. The molecule has 3 heterocycles. The zero-order valence-electron chi connectivity index (χ0n) is 15.9. The highest BCUT2D eigenvalue weighted by molar-refractivity contribution is 5.60. The fourth-order valence-corrected chi connectivity index (χ4v) is 5.07. The number of nitrogens with zero attached hydrogens (tertiary/aromatic N) is 3. The van der Waals surface area contributed by atoms with Crippen LogP contribution < -0.4 is 5.32 Å². The fraction of sp³-hybridized carbons (Fsp3) is 0.591. The molecule has 2 aliphatic carbocycles. The molecule has 0 amide bonds. The summed E-state index contributed by atoms with van der Waals surface area (Å²) in [5, 5.41) is 3.82. The van der Waals surface area contributed by atoms with Crippen molar-refractivity contribution >= 4 is 5.82 Å². The molecule has 1 saturated carbocycles. The van der Waals surface area contributed by atoms with Crippen molar-refractivity contribution in [3.63, 3.8) is 0 Å². The van der Waals surface area contributed by atoms with Crippen LogP contribution >= 0.6 is 0 Å². The molecule has 1 saturated heterocycles. The van der Waals surface area contributed by atoms with Crippen molar-refractivity contribution in [2.24, 2.45) is 0 Å². The van der Waals surface area contributed by atoms with Gasteiger partial charge in [0.1, 0.15) is 5.82 Å². The summed E-state index contributed by atoms with van der Waals surface area (Å²) in [4.78, 5) is 13.9. The summed E-state index contributed by atoms with van der Waals surface area (Å²) in [6.45, 7) is 0.863. The van der Waals surface area contributed by atoms with Gasteiger partial charge in [-0.1, -0.05) is 19.3 Å². The minimum atomic E-state index is 0.109. The van der Waals surface area contributed by atoms with Crippen LogP contribution in [0.4, 0.5) is 5.82 Å². The Balaban J connectivity index is 1.42. The number of anilines is 1. The molecule has 27 heavy (non-hydrogen) atoms. The van der Waals surface area contributed by atoms with Gasteiger partial charge in [-0.3, -0.25) is 4.98 Å². The molecule has 5 rings (SSSR count). The first-order valence-electron chi connectivity index (χ1n) is 10.5. The van der Waals surface area contributed by atoms with Gasteiger partial charge in [0.05, 0.1) is 5.60 Å². The highest BCUT2D eigenvalue weighted by Crippen LogP contribution is 2.40. The number of nitrogens with one attached hydrogen (secondary N) is 1. The molecule has 2 aromatic rings. The smallest absolute Gasteiger partial charge is 0.161 e. The fourth-order valence-electron chi connectivity index (χ4n) is 5.07. The number of aryl methyl sites for hydroxylation is 1. The third-order valence-electron chi connectivity index (χ3n) is 6.47. The molecule has 2 fully saturated rings. The van der Waals surface area contributed by atoms with E-state index in [9.17, 15) is 0 Å². The SMILES string of the molecule is c1cc(-c2nc3c(c(NC4CCOC5(CCCCC5)C4)n2)CCC3)ccn1. The molecule has 5 nitrogen and oxygen atoms in total. The van der Waals surface area contributed by atoms with Crippen molar-refractivity contribution in [2.45, 2.75) is 75.9 Å². The first-order valence-corrected chi connectivity index (χ1v) is 10.5. The summed E-state index contributed by atoms with van der Waals surface area (Å²) in [5.74, 6) is 1.88. The van der Waals surface area contributed by atoms with Crippen LogP contribution in [0.1, 0.15) is 62.6 Å². The molecule has 5 heteroatoms. The van der Waals surface area contributed by atoms with Gasteiger partial charge in [-0.25, -0.2) is 9.97 Å². The lowest BCUT2D eigenvalue weighted by Crippen LogP contribution is -2.45. The number of hydrogen-bond acceptors (Lipinski definition) is 5. The molecule has 1 N–H and O–H groups in total. The third kappa shape index (κ3) is 3.45. The summed E-state index contributed by atoms with van der Waals surface area (Å²) < 4.78 is 6.28. The van der Waals surface area contributed by atoms with Crippen LogP contribution in [0.2, 0.25) is 0 Å². The number of rotatable bonds is 3. The quantitative estimate of drug-likeness (QED) is 0.879. The highest BCUT2D eigenvalue weighted by atomic mass is 16.5. The van der Waals surface area contributed by atoms with Crippen molar-refractivity contribution in [2.75, 3.05) is 11.9 Å². The van der Waals surface area contributed by atoms with Gasteiger partial charge in [-0.05, 0) is 57.1 Å². The molecular formula is C22H28N4O. The summed E-state index contributed by atoms with van der Waals surface area (Å²) in [6, 6.07) is 4.43. The third-order valence-corrected chi connectivity index (χ3v) is 6.47. The first kappa shape index (κ1) is 17.1. The molecule has 142 valence electrons. The molecule has 1 spiro atoms. The Bertz CT molecular complexity index is 796. The van der Waals surface area contributed by atoms with Crippen LogP contribution in [0.3, 0.4) is 0 Å². The van der Waals surface area contributed by atoms with Crippen LogP contribution in [0, 0.1) is 0 Å². The lowest BCUT2D eigenvalue weighted by Gasteiger charge is -2.43. The monoisotopic (exact) mass is 364 g/mol. The highest BCUT2D eigenvalue weighted by Gasteiger charge is 2.38. The molecule has 1 atom stereocenters. The Morgan fingerprint density at radius 1 is 1.00 bits per heavy atom. The van der Waals surface area contributed by atoms with Crippen molar-refractivity contribution in [1.82, 2.24) is 15.0 Å². The second-order valence-corrected chi connectivity index (χ2v) is 8.34. The molecule has 0 aromatic carbocycles. The maximum Gasteiger partial charge on any atom is 0.161 e. The van der Waals surface area contributed by atoms with Crippen LogP contribution in [-0.2, 0) is 17.6 Å². The van der Waals surface area contributed by atoms with E-state index < -0.39 is 0 Å². The number of pyridine rings is 1. The average Bonchev–Trinajstić information content (AvgIpc) is 3.18. The molecule has 2 aromatic heterocycles. The van der Waals surface area contributed by atoms with E-state index in [0.717, 1.165) is 49.5 Å². The Labute approximate surface area is 161 Å². The number of hydrogen-bond donors (Lipinski definition) is 1. The van der Waals surface area contributed by atoms with Crippen LogP contribution in [0.25, 0.3) is 11.4 Å². The van der Waals surface area contributed by atoms with Crippen molar-refractivity contribution in [3.8, 4) is 11.4 Å². The minimum Gasteiger partial charge on any atom is -0.375 e. The summed E-state index contributed by atoms with van der Waals surface area (Å²) in [5.41, 5.74) is 3.70. The van der Waals surface area contributed by atoms with Crippen LogP contribution in [0.5, 0.6) is 0 Å². The number of fused-ring (bicyclic) bond motifs is 1. The first-order chi connectivity index (χ1) is 13.3. The summed E-state index contributed by atoms with van der Waals surface area (Å²) in [7, 11) is 0.